The average molecular weight is 326 g/mol. The number of nitrogens with zero attached hydrogens (tertiary/aromatic N) is 1. The molecule has 0 aliphatic carbocycles. The Bertz CT molecular complexity index is 514. The van der Waals surface area contributed by atoms with Crippen LogP contribution in [0.1, 0.15) is 20.8 Å². The van der Waals surface area contributed by atoms with E-state index in [1.165, 1.54) is 0 Å². The Balaban J connectivity index is 2.76. The molecule has 0 fully saturated rings. The molecule has 1 aromatic rings. The van der Waals surface area contributed by atoms with Crippen molar-refractivity contribution in [3.63, 3.8) is 0 Å². The van der Waals surface area contributed by atoms with Crippen LogP contribution in [0.15, 0.2) is 30.3 Å². The molecular formula is C15H22N2O6. The topological polar surface area (TPSA) is 108 Å². The molecule has 0 aromatic heterocycles. The summed E-state index contributed by atoms with van der Waals surface area (Å²) in [5.74, 6) is -1.15. The number of nitrogens with one attached hydrogen (secondary N) is 1. The van der Waals surface area contributed by atoms with E-state index in [2.05, 4.69) is 5.43 Å². The van der Waals surface area contributed by atoms with Gasteiger partial charge in [-0.1, -0.05) is 18.2 Å². The second kappa shape index (κ2) is 8.47. The second-order valence-electron chi connectivity index (χ2n) is 5.71. The summed E-state index contributed by atoms with van der Waals surface area (Å²) in [6.45, 7) is 4.32. The van der Waals surface area contributed by atoms with Gasteiger partial charge in [-0.15, -0.1) is 0 Å². The fourth-order valence-electron chi connectivity index (χ4n) is 1.56. The van der Waals surface area contributed by atoms with E-state index in [1.54, 1.807) is 51.1 Å². The van der Waals surface area contributed by atoms with Crippen molar-refractivity contribution in [2.45, 2.75) is 32.6 Å². The number of rotatable bonds is 7. The van der Waals surface area contributed by atoms with Gasteiger partial charge in [0.15, 0.2) is 0 Å². The van der Waals surface area contributed by atoms with Crippen molar-refractivity contribution >= 4 is 17.7 Å². The third-order valence-electron chi connectivity index (χ3n) is 2.37. The molecule has 1 amide bonds. The first-order valence-corrected chi connectivity index (χ1v) is 7.01. The molecule has 0 radical (unpaired) electrons. The molecule has 23 heavy (non-hydrogen) atoms. The SMILES string of the molecule is CC(C)(C)OC(=O)N(NC(O)COCC(=O)O)c1ccccc1. The standard InChI is InChI=1S/C15H22N2O6/c1-15(2,3)23-14(21)17(11-7-5-4-6-8-11)16-12(18)9-22-10-13(19)20/h4-8,12,16,18H,9-10H2,1-3H3,(H,19,20). The number of benzene rings is 1. The van der Waals surface area contributed by atoms with E-state index in [1.807, 2.05) is 0 Å². The number of carbonyl (C=O) groups is 2. The van der Waals surface area contributed by atoms with Crippen LogP contribution < -0.4 is 10.4 Å². The summed E-state index contributed by atoms with van der Waals surface area (Å²) in [6.07, 6.45) is -2.00. The summed E-state index contributed by atoms with van der Waals surface area (Å²) < 4.78 is 10.1. The van der Waals surface area contributed by atoms with Gasteiger partial charge < -0.3 is 19.7 Å². The summed E-state index contributed by atoms with van der Waals surface area (Å²) in [5.41, 5.74) is 2.27. The van der Waals surface area contributed by atoms with Crippen molar-refractivity contribution in [2.24, 2.45) is 0 Å². The van der Waals surface area contributed by atoms with Gasteiger partial charge in [0.05, 0.1) is 12.3 Å². The van der Waals surface area contributed by atoms with Crippen molar-refractivity contribution in [1.82, 2.24) is 5.43 Å². The smallest absolute Gasteiger partial charge is 0.429 e. The van der Waals surface area contributed by atoms with E-state index in [9.17, 15) is 14.7 Å². The number of carboxylic acids is 1. The van der Waals surface area contributed by atoms with Crippen LogP contribution >= 0.6 is 0 Å². The van der Waals surface area contributed by atoms with Gasteiger partial charge >= 0.3 is 12.1 Å². The first-order valence-electron chi connectivity index (χ1n) is 7.01. The van der Waals surface area contributed by atoms with Gasteiger partial charge in [0.25, 0.3) is 0 Å². The maximum Gasteiger partial charge on any atom is 0.429 e. The summed E-state index contributed by atoms with van der Waals surface area (Å²) in [6, 6.07) is 8.54. The normalized spacial score (nSPS) is 12.5. The third-order valence-corrected chi connectivity index (χ3v) is 2.37. The highest BCUT2D eigenvalue weighted by Crippen LogP contribution is 2.16. The number of ether oxygens (including phenoxy) is 2. The van der Waals surface area contributed by atoms with Gasteiger partial charge in [-0.2, -0.15) is 5.43 Å². The van der Waals surface area contributed by atoms with Crippen molar-refractivity contribution in [3.05, 3.63) is 30.3 Å². The maximum atomic E-state index is 12.3. The molecule has 0 saturated carbocycles. The van der Waals surface area contributed by atoms with E-state index < -0.39 is 30.5 Å². The third kappa shape index (κ3) is 7.59. The van der Waals surface area contributed by atoms with Crippen LogP contribution in [0.3, 0.4) is 0 Å². The number of hydrogen-bond acceptors (Lipinski definition) is 6. The summed E-state index contributed by atoms with van der Waals surface area (Å²) >= 11 is 0. The van der Waals surface area contributed by atoms with Crippen molar-refractivity contribution < 1.29 is 29.3 Å². The molecule has 8 nitrogen and oxygen atoms in total. The summed E-state index contributed by atoms with van der Waals surface area (Å²) in [5, 5.41) is 19.4. The molecule has 8 heteroatoms. The number of aliphatic hydroxyl groups excluding tert-OH is 1. The minimum atomic E-state index is -1.29. The number of para-hydroxylation sites is 1. The van der Waals surface area contributed by atoms with Gasteiger partial charge in [-0.3, -0.25) is 0 Å². The molecule has 1 aromatic carbocycles. The molecule has 1 unspecified atom stereocenters. The van der Waals surface area contributed by atoms with Crippen LogP contribution in [0.4, 0.5) is 10.5 Å². The van der Waals surface area contributed by atoms with Crippen molar-refractivity contribution in [2.75, 3.05) is 18.2 Å². The first kappa shape index (κ1) is 18.9. The lowest BCUT2D eigenvalue weighted by Crippen LogP contribution is -2.51. The minimum absolute atomic E-state index is 0.307. The number of amides is 1. The van der Waals surface area contributed by atoms with Gasteiger partial charge in [0.2, 0.25) is 0 Å². The molecule has 0 aliphatic rings. The van der Waals surface area contributed by atoms with Crippen LogP contribution in [0.5, 0.6) is 0 Å². The number of hydrazine groups is 1. The van der Waals surface area contributed by atoms with Crippen LogP contribution in [0.2, 0.25) is 0 Å². The molecule has 1 rings (SSSR count). The Labute approximate surface area is 134 Å². The molecule has 0 bridgehead atoms. The molecule has 128 valence electrons. The molecule has 0 aliphatic heterocycles. The fourth-order valence-corrected chi connectivity index (χ4v) is 1.56. The van der Waals surface area contributed by atoms with Crippen molar-refractivity contribution in [3.8, 4) is 0 Å². The highest BCUT2D eigenvalue weighted by atomic mass is 16.6. The van der Waals surface area contributed by atoms with Crippen LogP contribution in [-0.4, -0.2) is 47.3 Å². The quantitative estimate of drug-likeness (QED) is 0.512. The zero-order valence-electron chi connectivity index (χ0n) is 13.4. The number of aliphatic carboxylic acids is 1. The Morgan fingerprint density at radius 3 is 2.39 bits per heavy atom. The van der Waals surface area contributed by atoms with Crippen LogP contribution in [0, 0.1) is 0 Å². The van der Waals surface area contributed by atoms with Crippen molar-refractivity contribution in [1.29, 1.82) is 0 Å². The monoisotopic (exact) mass is 326 g/mol. The van der Waals surface area contributed by atoms with E-state index in [-0.39, 0.29) is 6.61 Å². The number of carbonyl (C=O) groups excluding carboxylic acids is 1. The number of hydrogen-bond donors (Lipinski definition) is 3. The predicted octanol–water partition coefficient (Wildman–Crippen LogP) is 1.35. The van der Waals surface area contributed by atoms with E-state index in [4.69, 9.17) is 14.6 Å². The highest BCUT2D eigenvalue weighted by Gasteiger charge is 2.25. The average Bonchev–Trinajstić information content (AvgIpc) is 2.43. The van der Waals surface area contributed by atoms with E-state index >= 15 is 0 Å². The molecule has 1 atom stereocenters. The molecular weight excluding hydrogens is 304 g/mol. The highest BCUT2D eigenvalue weighted by molar-refractivity contribution is 5.86. The Morgan fingerprint density at radius 2 is 1.87 bits per heavy atom. The van der Waals surface area contributed by atoms with Crippen LogP contribution in [0.25, 0.3) is 0 Å². The van der Waals surface area contributed by atoms with Gasteiger partial charge in [0.1, 0.15) is 18.4 Å². The molecule has 3 N–H and O–H groups in total. The molecule has 0 spiro atoms. The number of anilines is 1. The minimum Gasteiger partial charge on any atom is -0.480 e. The fraction of sp³-hybridized carbons (Fsp3) is 0.467. The zero-order valence-corrected chi connectivity index (χ0v) is 13.4. The van der Waals surface area contributed by atoms with Gasteiger partial charge in [-0.05, 0) is 32.9 Å². The second-order valence-corrected chi connectivity index (χ2v) is 5.71. The Hall–Kier alpha value is -2.16. The Kier molecular flexibility index (Phi) is 6.95. The maximum absolute atomic E-state index is 12.3. The van der Waals surface area contributed by atoms with Gasteiger partial charge in [0, 0.05) is 0 Å². The predicted molar refractivity (Wildman–Crippen MR) is 82.8 cm³/mol. The lowest BCUT2D eigenvalue weighted by atomic mass is 10.2. The van der Waals surface area contributed by atoms with Crippen LogP contribution in [-0.2, 0) is 14.3 Å². The summed E-state index contributed by atoms with van der Waals surface area (Å²) in [7, 11) is 0. The summed E-state index contributed by atoms with van der Waals surface area (Å²) in [4.78, 5) is 22.6. The lowest BCUT2D eigenvalue weighted by molar-refractivity contribution is -0.143. The molecule has 0 heterocycles. The number of aliphatic hydroxyl groups is 1. The van der Waals surface area contributed by atoms with E-state index in [0.29, 0.717) is 5.69 Å². The lowest BCUT2D eigenvalue weighted by Gasteiger charge is -2.29. The first-order chi connectivity index (χ1) is 10.7. The number of carboxylic acid groups (broad SMARTS) is 1. The van der Waals surface area contributed by atoms with Gasteiger partial charge in [-0.25, -0.2) is 14.6 Å². The van der Waals surface area contributed by atoms with E-state index in [0.717, 1.165) is 5.01 Å². The Morgan fingerprint density at radius 1 is 1.26 bits per heavy atom. The largest absolute Gasteiger partial charge is 0.480 e. The molecule has 0 saturated heterocycles. The zero-order chi connectivity index (χ0) is 17.5.